The number of aliphatic imine (C=N–C) groups is 1. The number of benzene rings is 1. The molecule has 1 N–H and O–H groups in total. The van der Waals surface area contributed by atoms with Gasteiger partial charge in [0.15, 0.2) is 5.96 Å². The molecule has 0 bridgehead atoms. The van der Waals surface area contributed by atoms with Gasteiger partial charge in [-0.05, 0) is 37.0 Å². The Labute approximate surface area is 150 Å². The summed E-state index contributed by atoms with van der Waals surface area (Å²) in [5.74, 6) is 1.40. The molecule has 5 heteroatoms. The number of methoxy groups -OCH3 is 1. The fraction of sp³-hybridized carbons (Fsp3) is 0.650. The molecule has 1 aliphatic carbocycles. The highest BCUT2D eigenvalue weighted by atomic mass is 19.1. The number of hydrogen-bond donors (Lipinski definition) is 1. The first kappa shape index (κ1) is 18.2. The molecule has 0 aromatic heterocycles. The number of ether oxygens (including phenoxy) is 1. The quantitative estimate of drug-likeness (QED) is 0.656. The van der Waals surface area contributed by atoms with Crippen LogP contribution in [-0.2, 0) is 10.2 Å². The van der Waals surface area contributed by atoms with Gasteiger partial charge in [0.25, 0.3) is 0 Å². The molecule has 1 atom stereocenters. The third-order valence-corrected chi connectivity index (χ3v) is 5.80. The number of halogens is 1. The first-order valence-electron chi connectivity index (χ1n) is 9.37. The molecule has 2 aliphatic rings. The van der Waals surface area contributed by atoms with Crippen molar-refractivity contribution in [1.29, 1.82) is 0 Å². The Morgan fingerprint density at radius 2 is 2.04 bits per heavy atom. The summed E-state index contributed by atoms with van der Waals surface area (Å²) in [6.45, 7) is 3.69. The molecule has 0 amide bonds. The Kier molecular flexibility index (Phi) is 5.94. The van der Waals surface area contributed by atoms with Crippen molar-refractivity contribution >= 4 is 5.96 Å². The van der Waals surface area contributed by atoms with E-state index in [1.165, 1.54) is 18.4 Å². The minimum Gasteiger partial charge on any atom is -0.384 e. The van der Waals surface area contributed by atoms with Crippen molar-refractivity contribution in [2.45, 2.75) is 37.5 Å². The molecule has 2 fully saturated rings. The number of nitrogens with one attached hydrogen (secondary N) is 1. The van der Waals surface area contributed by atoms with Crippen molar-refractivity contribution in [2.75, 3.05) is 40.4 Å². The van der Waals surface area contributed by atoms with Crippen molar-refractivity contribution in [2.24, 2.45) is 10.9 Å². The topological polar surface area (TPSA) is 36.9 Å². The van der Waals surface area contributed by atoms with Gasteiger partial charge in [0.05, 0.1) is 6.61 Å². The summed E-state index contributed by atoms with van der Waals surface area (Å²) < 4.78 is 18.6. The molecule has 1 unspecified atom stereocenters. The second-order valence-corrected chi connectivity index (χ2v) is 7.45. The highest BCUT2D eigenvalue weighted by Gasteiger charge is 2.36. The minimum absolute atomic E-state index is 0.0926. The number of guanidine groups is 1. The van der Waals surface area contributed by atoms with Gasteiger partial charge in [-0.15, -0.1) is 0 Å². The summed E-state index contributed by atoms with van der Waals surface area (Å²) in [7, 11) is 3.62. The van der Waals surface area contributed by atoms with E-state index in [4.69, 9.17) is 4.74 Å². The fourth-order valence-electron chi connectivity index (χ4n) is 4.40. The molecule has 1 heterocycles. The zero-order valence-electron chi connectivity index (χ0n) is 15.4. The Morgan fingerprint density at radius 1 is 1.32 bits per heavy atom. The molecule has 138 valence electrons. The van der Waals surface area contributed by atoms with Crippen LogP contribution in [0.2, 0.25) is 0 Å². The van der Waals surface area contributed by atoms with E-state index in [0.29, 0.717) is 5.92 Å². The monoisotopic (exact) mass is 347 g/mol. The van der Waals surface area contributed by atoms with Gasteiger partial charge in [0, 0.05) is 45.1 Å². The van der Waals surface area contributed by atoms with Crippen molar-refractivity contribution < 1.29 is 9.13 Å². The van der Waals surface area contributed by atoms with Crippen LogP contribution in [0, 0.1) is 11.7 Å². The Morgan fingerprint density at radius 3 is 2.68 bits per heavy atom. The lowest BCUT2D eigenvalue weighted by molar-refractivity contribution is 0.157. The summed E-state index contributed by atoms with van der Waals surface area (Å²) >= 11 is 0. The van der Waals surface area contributed by atoms with Crippen LogP contribution < -0.4 is 5.32 Å². The number of nitrogens with zero attached hydrogens (tertiary/aromatic N) is 2. The van der Waals surface area contributed by atoms with Gasteiger partial charge >= 0.3 is 0 Å². The first-order chi connectivity index (χ1) is 12.2. The molecule has 1 aliphatic heterocycles. The van der Waals surface area contributed by atoms with Gasteiger partial charge in [-0.1, -0.05) is 25.0 Å². The number of hydrogen-bond acceptors (Lipinski definition) is 2. The van der Waals surface area contributed by atoms with Crippen LogP contribution in [0.4, 0.5) is 4.39 Å². The first-order valence-corrected chi connectivity index (χ1v) is 9.37. The molecule has 25 heavy (non-hydrogen) atoms. The predicted molar refractivity (Wildman–Crippen MR) is 99.5 cm³/mol. The van der Waals surface area contributed by atoms with E-state index in [2.05, 4.69) is 15.2 Å². The standard InChI is InChI=1S/C20H30FN3O/c1-22-19(24-12-9-16(13-24)14-25-2)23-15-20(10-3-4-11-20)17-5-7-18(21)8-6-17/h5-8,16H,3-4,9-15H2,1-2H3,(H,22,23). The second kappa shape index (κ2) is 8.17. The number of likely N-dealkylation sites (tertiary alicyclic amines) is 1. The lowest BCUT2D eigenvalue weighted by Gasteiger charge is -2.32. The van der Waals surface area contributed by atoms with Crippen LogP contribution in [-0.4, -0.2) is 51.3 Å². The average Bonchev–Trinajstić information content (AvgIpc) is 3.27. The van der Waals surface area contributed by atoms with Crippen LogP contribution in [0.1, 0.15) is 37.7 Å². The maximum absolute atomic E-state index is 13.3. The Hall–Kier alpha value is -1.62. The summed E-state index contributed by atoms with van der Waals surface area (Å²) in [4.78, 5) is 6.83. The van der Waals surface area contributed by atoms with Crippen molar-refractivity contribution in [3.63, 3.8) is 0 Å². The average molecular weight is 347 g/mol. The third-order valence-electron chi connectivity index (χ3n) is 5.80. The molecule has 0 radical (unpaired) electrons. The number of rotatable bonds is 5. The van der Waals surface area contributed by atoms with E-state index in [9.17, 15) is 4.39 Å². The van der Waals surface area contributed by atoms with Gasteiger partial charge in [0.2, 0.25) is 0 Å². The molecule has 1 saturated heterocycles. The summed E-state index contributed by atoms with van der Waals surface area (Å²) in [6.07, 6.45) is 5.91. The third kappa shape index (κ3) is 4.14. The van der Waals surface area contributed by atoms with Gasteiger partial charge in [0.1, 0.15) is 5.82 Å². The molecular weight excluding hydrogens is 317 g/mol. The van der Waals surface area contributed by atoms with Crippen molar-refractivity contribution in [3.05, 3.63) is 35.6 Å². The van der Waals surface area contributed by atoms with E-state index < -0.39 is 0 Å². The van der Waals surface area contributed by atoms with E-state index in [1.54, 1.807) is 19.2 Å². The lowest BCUT2D eigenvalue weighted by atomic mass is 9.79. The zero-order valence-corrected chi connectivity index (χ0v) is 15.4. The lowest BCUT2D eigenvalue weighted by Crippen LogP contribution is -2.46. The maximum Gasteiger partial charge on any atom is 0.193 e. The maximum atomic E-state index is 13.3. The van der Waals surface area contributed by atoms with Crippen molar-refractivity contribution in [1.82, 2.24) is 10.2 Å². The minimum atomic E-state index is -0.165. The summed E-state index contributed by atoms with van der Waals surface area (Å²) in [6, 6.07) is 7.07. The molecule has 4 nitrogen and oxygen atoms in total. The normalized spacial score (nSPS) is 23.2. The summed E-state index contributed by atoms with van der Waals surface area (Å²) in [5, 5.41) is 3.61. The summed E-state index contributed by atoms with van der Waals surface area (Å²) in [5.41, 5.74) is 1.34. The fourth-order valence-corrected chi connectivity index (χ4v) is 4.40. The Balaban J connectivity index is 1.66. The van der Waals surface area contributed by atoms with Gasteiger partial charge in [-0.3, -0.25) is 4.99 Å². The Bertz CT molecular complexity index is 581. The van der Waals surface area contributed by atoms with E-state index in [-0.39, 0.29) is 11.2 Å². The van der Waals surface area contributed by atoms with Gasteiger partial charge < -0.3 is 15.0 Å². The van der Waals surface area contributed by atoms with Gasteiger partial charge in [-0.2, -0.15) is 0 Å². The molecular formula is C20H30FN3O. The highest BCUT2D eigenvalue weighted by Crippen LogP contribution is 2.40. The smallest absolute Gasteiger partial charge is 0.193 e. The second-order valence-electron chi connectivity index (χ2n) is 7.45. The SMILES string of the molecule is CN=C(NCC1(c2ccc(F)cc2)CCCC1)N1CCC(COC)C1. The zero-order chi connectivity index (χ0) is 17.7. The van der Waals surface area contributed by atoms with Gasteiger partial charge in [-0.25, -0.2) is 4.39 Å². The predicted octanol–water partition coefficient (Wildman–Crippen LogP) is 3.18. The van der Waals surface area contributed by atoms with Crippen LogP contribution in [0.3, 0.4) is 0 Å². The van der Waals surface area contributed by atoms with E-state index in [1.807, 2.05) is 19.2 Å². The molecule has 1 saturated carbocycles. The van der Waals surface area contributed by atoms with Crippen LogP contribution >= 0.6 is 0 Å². The van der Waals surface area contributed by atoms with Crippen LogP contribution in [0.15, 0.2) is 29.3 Å². The highest BCUT2D eigenvalue weighted by molar-refractivity contribution is 5.80. The largest absolute Gasteiger partial charge is 0.384 e. The molecule has 0 spiro atoms. The molecule has 3 rings (SSSR count). The van der Waals surface area contributed by atoms with Crippen molar-refractivity contribution in [3.8, 4) is 0 Å². The van der Waals surface area contributed by atoms with E-state index >= 15 is 0 Å². The van der Waals surface area contributed by atoms with Crippen LogP contribution in [0.25, 0.3) is 0 Å². The van der Waals surface area contributed by atoms with Crippen LogP contribution in [0.5, 0.6) is 0 Å². The van der Waals surface area contributed by atoms with E-state index in [0.717, 1.165) is 51.5 Å². The molecule has 1 aromatic carbocycles. The molecule has 1 aromatic rings.